The van der Waals surface area contributed by atoms with Crippen LogP contribution in [0.25, 0.3) is 0 Å². The number of thioether (sulfide) groups is 1. The van der Waals surface area contributed by atoms with Gasteiger partial charge >= 0.3 is 5.16 Å². The first-order valence-corrected chi connectivity index (χ1v) is 8.00. The minimum atomic E-state index is -0.453. The molecule has 4 nitrogen and oxygen atoms in total. The van der Waals surface area contributed by atoms with Gasteiger partial charge in [-0.05, 0) is 43.0 Å². The third kappa shape index (κ3) is 3.32. The maximum absolute atomic E-state index is 10.9. The van der Waals surface area contributed by atoms with Gasteiger partial charge in [0, 0.05) is 12.6 Å². The third-order valence-electron chi connectivity index (χ3n) is 3.65. The number of halogens is 1. The summed E-state index contributed by atoms with van der Waals surface area (Å²) in [5.74, 6) is 0.933. The average molecular weight is 291 g/mol. The van der Waals surface area contributed by atoms with Crippen LogP contribution in [0.1, 0.15) is 44.9 Å². The van der Waals surface area contributed by atoms with Crippen molar-refractivity contribution in [2.75, 3.05) is 12.3 Å². The molecule has 1 heterocycles. The first kappa shape index (κ1) is 14.0. The zero-order valence-corrected chi connectivity index (χ0v) is 12.0. The lowest BCUT2D eigenvalue weighted by molar-refractivity contribution is -0.413. The van der Waals surface area contributed by atoms with E-state index in [1.165, 1.54) is 19.3 Å². The van der Waals surface area contributed by atoms with Gasteiger partial charge in [0.2, 0.25) is 0 Å². The Labute approximate surface area is 117 Å². The molecule has 6 heteroatoms. The van der Waals surface area contributed by atoms with Crippen molar-refractivity contribution >= 4 is 23.4 Å². The van der Waals surface area contributed by atoms with E-state index in [1.807, 2.05) is 0 Å². The van der Waals surface area contributed by atoms with E-state index in [4.69, 9.17) is 11.6 Å². The van der Waals surface area contributed by atoms with Crippen LogP contribution < -0.4 is 0 Å². The Morgan fingerprint density at radius 1 is 1.28 bits per heavy atom. The summed E-state index contributed by atoms with van der Waals surface area (Å²) >= 11 is 7.45. The van der Waals surface area contributed by atoms with Gasteiger partial charge in [0.1, 0.15) is 0 Å². The van der Waals surface area contributed by atoms with Crippen molar-refractivity contribution in [3.8, 4) is 0 Å². The Morgan fingerprint density at radius 2 is 2.00 bits per heavy atom. The maximum Gasteiger partial charge on any atom is 0.367 e. The van der Waals surface area contributed by atoms with Crippen molar-refractivity contribution in [3.05, 3.63) is 20.3 Å². The van der Waals surface area contributed by atoms with Gasteiger partial charge in [-0.2, -0.15) is 0 Å². The quantitative estimate of drug-likeness (QED) is 0.441. The Bertz CT molecular complexity index is 343. The molecule has 1 aliphatic heterocycles. The first-order valence-electron chi connectivity index (χ1n) is 6.64. The normalized spacial score (nSPS) is 25.7. The number of rotatable bonds is 2. The molecule has 2 rings (SSSR count). The van der Waals surface area contributed by atoms with Crippen LogP contribution in [0.5, 0.6) is 0 Å². The predicted octanol–water partition coefficient (Wildman–Crippen LogP) is 3.79. The molecule has 1 aliphatic carbocycles. The van der Waals surface area contributed by atoms with E-state index in [-0.39, 0.29) is 5.16 Å². The van der Waals surface area contributed by atoms with Crippen LogP contribution in [0.3, 0.4) is 0 Å². The molecule has 0 atom stereocenters. The van der Waals surface area contributed by atoms with Gasteiger partial charge in [-0.15, -0.1) is 11.8 Å². The highest BCUT2D eigenvalue weighted by atomic mass is 35.5. The molecule has 0 bridgehead atoms. The van der Waals surface area contributed by atoms with E-state index in [9.17, 15) is 10.1 Å². The van der Waals surface area contributed by atoms with Crippen LogP contribution in [0, 0.1) is 10.1 Å². The average Bonchev–Trinajstić information content (AvgIpc) is 2.64. The second-order valence-electron chi connectivity index (χ2n) is 4.89. The molecular formula is C12H19ClN2O2S. The maximum atomic E-state index is 10.9. The van der Waals surface area contributed by atoms with Gasteiger partial charge < -0.3 is 4.90 Å². The molecule has 1 saturated heterocycles. The topological polar surface area (TPSA) is 46.4 Å². The number of hydrogen-bond donors (Lipinski definition) is 0. The summed E-state index contributed by atoms with van der Waals surface area (Å²) in [5.41, 5.74) is 0. The van der Waals surface area contributed by atoms with Crippen LogP contribution in [-0.4, -0.2) is 28.2 Å². The molecule has 0 amide bonds. The summed E-state index contributed by atoms with van der Waals surface area (Å²) in [6.07, 6.45) is 8.26. The van der Waals surface area contributed by atoms with Crippen LogP contribution in [0.15, 0.2) is 10.2 Å². The summed E-state index contributed by atoms with van der Waals surface area (Å²) < 4.78 is 0. The van der Waals surface area contributed by atoms with E-state index < -0.39 is 4.92 Å². The molecule has 0 unspecified atom stereocenters. The van der Waals surface area contributed by atoms with E-state index in [1.54, 1.807) is 11.8 Å². The molecule has 0 aromatic carbocycles. The molecule has 18 heavy (non-hydrogen) atoms. The predicted molar refractivity (Wildman–Crippen MR) is 75.1 cm³/mol. The lowest BCUT2D eigenvalue weighted by Gasteiger charge is -2.35. The van der Waals surface area contributed by atoms with Crippen molar-refractivity contribution in [2.45, 2.75) is 51.0 Å². The highest BCUT2D eigenvalue weighted by Gasteiger charge is 2.30. The molecule has 0 N–H and O–H groups in total. The molecule has 102 valence electrons. The molecule has 0 aromatic rings. The Morgan fingerprint density at radius 3 is 2.67 bits per heavy atom. The van der Waals surface area contributed by atoms with Crippen LogP contribution >= 0.6 is 23.4 Å². The second-order valence-corrected chi connectivity index (χ2v) is 6.34. The third-order valence-corrected chi connectivity index (χ3v) is 5.27. The van der Waals surface area contributed by atoms with Gasteiger partial charge in [-0.25, -0.2) is 0 Å². The number of nitro groups is 1. The summed E-state index contributed by atoms with van der Waals surface area (Å²) in [6.45, 7) is 0.914. The number of hydrogen-bond acceptors (Lipinski definition) is 4. The lowest BCUT2D eigenvalue weighted by atomic mass is 9.94. The molecule has 0 radical (unpaired) electrons. The fourth-order valence-corrected chi connectivity index (χ4v) is 4.15. The van der Waals surface area contributed by atoms with Gasteiger partial charge in [0.05, 0.1) is 4.92 Å². The van der Waals surface area contributed by atoms with Gasteiger partial charge in [0.15, 0.2) is 5.03 Å². The minimum Gasteiger partial charge on any atom is -0.357 e. The standard InChI is InChI=1S/C12H19ClN2O2S/c13-11(15(16)17)12-14(8-4-5-9-18-12)10-6-2-1-3-7-10/h10H,1-9H2. The fraction of sp³-hybridized carbons (Fsp3) is 0.833. The van der Waals surface area contributed by atoms with Gasteiger partial charge in [-0.1, -0.05) is 19.3 Å². The molecule has 2 aliphatic rings. The Kier molecular flexibility index (Phi) is 5.18. The Balaban J connectivity index is 2.21. The smallest absolute Gasteiger partial charge is 0.357 e. The van der Waals surface area contributed by atoms with Gasteiger partial charge in [-0.3, -0.25) is 10.1 Å². The first-order chi connectivity index (χ1) is 8.70. The van der Waals surface area contributed by atoms with Crippen molar-refractivity contribution in [2.24, 2.45) is 0 Å². The largest absolute Gasteiger partial charge is 0.367 e. The molecule has 1 saturated carbocycles. The van der Waals surface area contributed by atoms with Crippen LogP contribution in [-0.2, 0) is 0 Å². The molecule has 2 fully saturated rings. The van der Waals surface area contributed by atoms with Crippen LogP contribution in [0.4, 0.5) is 0 Å². The van der Waals surface area contributed by atoms with Crippen molar-refractivity contribution < 1.29 is 4.92 Å². The summed E-state index contributed by atoms with van der Waals surface area (Å²) in [4.78, 5) is 12.7. The molecular weight excluding hydrogens is 272 g/mol. The van der Waals surface area contributed by atoms with Crippen LogP contribution in [0.2, 0.25) is 0 Å². The van der Waals surface area contributed by atoms with E-state index in [0.29, 0.717) is 11.1 Å². The fourth-order valence-electron chi connectivity index (χ4n) is 2.73. The minimum absolute atomic E-state index is 0.188. The monoisotopic (exact) mass is 290 g/mol. The molecule has 0 spiro atoms. The number of nitrogens with zero attached hydrogens (tertiary/aromatic N) is 2. The van der Waals surface area contributed by atoms with E-state index >= 15 is 0 Å². The lowest BCUT2D eigenvalue weighted by Crippen LogP contribution is -2.36. The summed E-state index contributed by atoms with van der Waals surface area (Å²) in [6, 6.07) is 0.452. The van der Waals surface area contributed by atoms with Gasteiger partial charge in [0.25, 0.3) is 0 Å². The summed E-state index contributed by atoms with van der Waals surface area (Å²) in [5, 5.41) is 11.4. The molecule has 0 aromatic heterocycles. The zero-order chi connectivity index (χ0) is 13.0. The SMILES string of the molecule is O=[N+]([O-])C(Cl)=C1SCCCCN1C1CCCCC1. The highest BCUT2D eigenvalue weighted by molar-refractivity contribution is 8.03. The summed E-state index contributed by atoms with van der Waals surface area (Å²) in [7, 11) is 0. The second kappa shape index (κ2) is 6.66. The van der Waals surface area contributed by atoms with Crippen molar-refractivity contribution in [1.29, 1.82) is 0 Å². The highest BCUT2D eigenvalue weighted by Crippen LogP contribution is 2.35. The van der Waals surface area contributed by atoms with E-state index in [2.05, 4.69) is 4.90 Å². The van der Waals surface area contributed by atoms with E-state index in [0.717, 1.165) is 38.0 Å². The zero-order valence-electron chi connectivity index (χ0n) is 10.4. The Hall–Kier alpha value is -0.420. The van der Waals surface area contributed by atoms with Crippen molar-refractivity contribution in [1.82, 2.24) is 4.90 Å². The van der Waals surface area contributed by atoms with Crippen molar-refractivity contribution in [3.63, 3.8) is 0 Å².